The third-order valence-corrected chi connectivity index (χ3v) is 3.68. The Balaban J connectivity index is 5.18. The first-order chi connectivity index (χ1) is 9.32. The van der Waals surface area contributed by atoms with Crippen molar-refractivity contribution in [3.05, 3.63) is 0 Å². The van der Waals surface area contributed by atoms with Gasteiger partial charge in [0, 0.05) is 13.0 Å². The van der Waals surface area contributed by atoms with Crippen molar-refractivity contribution in [3.63, 3.8) is 0 Å². The van der Waals surface area contributed by atoms with E-state index in [1.807, 2.05) is 0 Å². The Morgan fingerprint density at radius 3 is 1.86 bits per heavy atom. The van der Waals surface area contributed by atoms with E-state index in [0.29, 0.717) is 4.90 Å². The summed E-state index contributed by atoms with van der Waals surface area (Å²) in [5, 5.41) is 17.5. The van der Waals surface area contributed by atoms with Crippen molar-refractivity contribution in [1.29, 1.82) is 0 Å². The van der Waals surface area contributed by atoms with Crippen LogP contribution in [0.15, 0.2) is 0 Å². The van der Waals surface area contributed by atoms with Crippen LogP contribution in [-0.4, -0.2) is 77.2 Å². The minimum absolute atomic E-state index is 0.508. The Morgan fingerprint density at radius 2 is 1.52 bits per heavy atom. The normalized spacial score (nSPS) is 14.0. The van der Waals surface area contributed by atoms with Gasteiger partial charge in [-0.1, -0.05) is 0 Å². The highest BCUT2D eigenvalue weighted by Gasteiger charge is 2.30. The Bertz CT molecular complexity index is 580. The molecule has 0 radical (unpaired) electrons. The molecule has 0 spiro atoms. The number of hydrogen-bond donors (Lipinski definition) is 4. The van der Waals surface area contributed by atoms with Crippen LogP contribution in [0.4, 0.5) is 0 Å². The lowest BCUT2D eigenvalue weighted by molar-refractivity contribution is -0.144. The molecule has 0 amide bonds. The zero-order valence-electron chi connectivity index (χ0n) is 10.6. The first-order valence-corrected chi connectivity index (χ1v) is 8.62. The van der Waals surface area contributed by atoms with Crippen LogP contribution >= 0.6 is 0 Å². The van der Waals surface area contributed by atoms with Crippen LogP contribution < -0.4 is 0 Å². The molecular formula is C8H15NO10S2. The summed E-state index contributed by atoms with van der Waals surface area (Å²) in [5.74, 6) is -5.10. The molecule has 11 nitrogen and oxygen atoms in total. The smallest absolute Gasteiger partial charge is 0.320 e. The quantitative estimate of drug-likeness (QED) is 0.330. The number of carboxylic acid groups (broad SMARTS) is 2. The largest absolute Gasteiger partial charge is 0.481 e. The molecular weight excluding hydrogens is 334 g/mol. The number of hydrogen-bond acceptors (Lipinski definition) is 7. The number of carbonyl (C=O) groups is 2. The first kappa shape index (κ1) is 19.7. The number of carboxylic acids is 2. The summed E-state index contributed by atoms with van der Waals surface area (Å²) in [6.45, 7) is -0.713. The second-order valence-electron chi connectivity index (χ2n) is 4.10. The van der Waals surface area contributed by atoms with Crippen LogP contribution in [0.25, 0.3) is 0 Å². The van der Waals surface area contributed by atoms with Crippen LogP contribution in [0.3, 0.4) is 0 Å². The van der Waals surface area contributed by atoms with Gasteiger partial charge in [0.25, 0.3) is 20.2 Å². The van der Waals surface area contributed by atoms with E-state index in [9.17, 15) is 26.4 Å². The Hall–Kier alpha value is -1.28. The molecule has 4 N–H and O–H groups in total. The monoisotopic (exact) mass is 349 g/mol. The highest BCUT2D eigenvalue weighted by Crippen LogP contribution is 2.10. The Morgan fingerprint density at radius 1 is 1.00 bits per heavy atom. The van der Waals surface area contributed by atoms with E-state index < -0.39 is 69.2 Å². The Kier molecular flexibility index (Phi) is 7.18. The van der Waals surface area contributed by atoms with Crippen LogP contribution in [0, 0.1) is 0 Å². The van der Waals surface area contributed by atoms with E-state index >= 15 is 0 Å². The van der Waals surface area contributed by atoms with Gasteiger partial charge in [0.15, 0.2) is 0 Å². The van der Waals surface area contributed by atoms with E-state index in [1.54, 1.807) is 0 Å². The van der Waals surface area contributed by atoms with E-state index in [0.717, 1.165) is 0 Å². The molecule has 0 aliphatic carbocycles. The predicted molar refractivity (Wildman–Crippen MR) is 67.8 cm³/mol. The van der Waals surface area contributed by atoms with Crippen LogP contribution in [0.1, 0.15) is 12.8 Å². The summed E-state index contributed by atoms with van der Waals surface area (Å²) in [6.07, 6.45) is -1.11. The van der Waals surface area contributed by atoms with Crippen LogP contribution in [0.2, 0.25) is 0 Å². The summed E-state index contributed by atoms with van der Waals surface area (Å²) < 4.78 is 60.2. The molecule has 13 heteroatoms. The lowest BCUT2D eigenvalue weighted by Crippen LogP contribution is -2.46. The summed E-state index contributed by atoms with van der Waals surface area (Å²) >= 11 is 0. The van der Waals surface area contributed by atoms with Crippen molar-refractivity contribution in [2.75, 3.05) is 18.2 Å². The minimum atomic E-state index is -4.67. The molecule has 0 aromatic heterocycles. The molecule has 21 heavy (non-hydrogen) atoms. The second kappa shape index (κ2) is 7.65. The molecule has 0 aromatic rings. The van der Waals surface area contributed by atoms with E-state index in [1.165, 1.54) is 0 Å². The Labute approximate surface area is 120 Å². The molecule has 0 saturated heterocycles. The van der Waals surface area contributed by atoms with Crippen molar-refractivity contribution in [1.82, 2.24) is 4.90 Å². The van der Waals surface area contributed by atoms with Crippen LogP contribution in [-0.2, 0) is 29.8 Å². The molecule has 0 aliphatic rings. The highest BCUT2D eigenvalue weighted by molar-refractivity contribution is 7.86. The predicted octanol–water partition coefficient (Wildman–Crippen LogP) is -1.66. The fraction of sp³-hybridized carbons (Fsp3) is 0.750. The van der Waals surface area contributed by atoms with E-state index in [-0.39, 0.29) is 0 Å². The zero-order valence-corrected chi connectivity index (χ0v) is 12.2. The molecule has 0 rings (SSSR count). The average molecular weight is 349 g/mol. The number of rotatable bonds is 10. The van der Waals surface area contributed by atoms with Crippen molar-refractivity contribution in [3.8, 4) is 0 Å². The third kappa shape index (κ3) is 10.1. The van der Waals surface area contributed by atoms with Gasteiger partial charge in [0.1, 0.15) is 11.9 Å². The van der Waals surface area contributed by atoms with Gasteiger partial charge in [-0.25, -0.2) is 0 Å². The molecule has 124 valence electrons. The van der Waals surface area contributed by atoms with Gasteiger partial charge in [-0.15, -0.1) is 0 Å². The van der Waals surface area contributed by atoms with Gasteiger partial charge >= 0.3 is 11.9 Å². The lowest BCUT2D eigenvalue weighted by atomic mass is 10.1. The third-order valence-electron chi connectivity index (χ3n) is 2.32. The maximum Gasteiger partial charge on any atom is 0.320 e. The van der Waals surface area contributed by atoms with Gasteiger partial charge in [-0.05, 0) is 6.42 Å². The molecule has 1 atom stereocenters. The van der Waals surface area contributed by atoms with Crippen LogP contribution in [0.5, 0.6) is 0 Å². The second-order valence-corrected chi connectivity index (χ2v) is 7.09. The van der Waals surface area contributed by atoms with Gasteiger partial charge in [-0.2, -0.15) is 16.8 Å². The van der Waals surface area contributed by atoms with Crippen molar-refractivity contribution in [2.45, 2.75) is 18.9 Å². The topological polar surface area (TPSA) is 187 Å². The van der Waals surface area contributed by atoms with Gasteiger partial charge in [-0.3, -0.25) is 23.6 Å². The summed E-state index contributed by atoms with van der Waals surface area (Å²) in [6, 6.07) is -1.65. The first-order valence-electron chi connectivity index (χ1n) is 5.41. The minimum Gasteiger partial charge on any atom is -0.481 e. The summed E-state index contributed by atoms with van der Waals surface area (Å²) in [7, 11) is -9.16. The lowest BCUT2D eigenvalue weighted by Gasteiger charge is -2.26. The summed E-state index contributed by atoms with van der Waals surface area (Å²) in [5.41, 5.74) is 0. The molecule has 0 bridgehead atoms. The molecule has 0 fully saturated rings. The molecule has 1 unspecified atom stereocenters. The fourth-order valence-electron chi connectivity index (χ4n) is 1.47. The molecule has 0 saturated carbocycles. The average Bonchev–Trinajstić information content (AvgIpc) is 2.21. The van der Waals surface area contributed by atoms with Gasteiger partial charge in [0.05, 0.1) is 5.75 Å². The molecule has 0 heterocycles. The number of nitrogens with zero attached hydrogens (tertiary/aromatic N) is 1. The van der Waals surface area contributed by atoms with Crippen molar-refractivity contribution in [2.24, 2.45) is 0 Å². The van der Waals surface area contributed by atoms with E-state index in [2.05, 4.69) is 0 Å². The fourth-order valence-corrected chi connectivity index (χ4v) is 2.67. The van der Waals surface area contributed by atoms with Gasteiger partial charge < -0.3 is 10.2 Å². The molecule has 0 aliphatic heterocycles. The van der Waals surface area contributed by atoms with Crippen molar-refractivity contribution < 1.29 is 45.7 Å². The molecule has 0 aromatic carbocycles. The highest BCUT2D eigenvalue weighted by atomic mass is 32.2. The maximum absolute atomic E-state index is 11.0. The van der Waals surface area contributed by atoms with Gasteiger partial charge in [0.2, 0.25) is 0 Å². The maximum atomic E-state index is 11.0. The number of aliphatic carboxylic acids is 2. The van der Waals surface area contributed by atoms with Crippen molar-refractivity contribution >= 4 is 32.2 Å². The standard InChI is InChI=1S/C8H15NO10S2/c10-7(11)2-1-6(8(12)13)9(5-21(17,18)19)3-4-20(14,15)16/h6H,1-5H2,(H,10,11)(H,12,13)(H,14,15,16)(H,17,18,19). The zero-order chi connectivity index (χ0) is 16.8. The van der Waals surface area contributed by atoms with E-state index in [4.69, 9.17) is 19.3 Å². The SMILES string of the molecule is O=C(O)CCC(C(=O)O)N(CCS(=O)(=O)O)CS(=O)(=O)O. The summed E-state index contributed by atoms with van der Waals surface area (Å²) in [4.78, 5) is 22.0.